The molecule has 2 aliphatic heterocycles. The minimum atomic E-state index is -0.414. The molecule has 0 aliphatic carbocycles. The SMILES string of the molecule is CCCCCCCC/C=C\CCCCCCCCN1CN(CCCN2CCOCC2)CC(C(=O)OCC)=C1C(=O)OCC. The van der Waals surface area contributed by atoms with Crippen LogP contribution in [0.1, 0.15) is 117 Å². The number of carbonyl (C=O) groups excluding carboxylic acids is 2. The van der Waals surface area contributed by atoms with Crippen LogP contribution < -0.4 is 0 Å². The van der Waals surface area contributed by atoms with Gasteiger partial charge in [0.25, 0.3) is 0 Å². The summed E-state index contributed by atoms with van der Waals surface area (Å²) in [6.07, 6.45) is 23.4. The molecule has 0 bridgehead atoms. The molecule has 1 fully saturated rings. The molecular weight excluding hydrogens is 542 g/mol. The van der Waals surface area contributed by atoms with E-state index >= 15 is 0 Å². The summed E-state index contributed by atoms with van der Waals surface area (Å²) in [7, 11) is 0. The van der Waals surface area contributed by atoms with E-state index in [0.717, 1.165) is 65.2 Å². The van der Waals surface area contributed by atoms with Gasteiger partial charge in [0, 0.05) is 32.7 Å². The zero-order chi connectivity index (χ0) is 31.0. The van der Waals surface area contributed by atoms with Crippen LogP contribution in [-0.2, 0) is 23.8 Å². The average molecular weight is 606 g/mol. The van der Waals surface area contributed by atoms with E-state index in [4.69, 9.17) is 14.2 Å². The van der Waals surface area contributed by atoms with Crippen molar-refractivity contribution in [2.24, 2.45) is 0 Å². The molecule has 1 saturated heterocycles. The largest absolute Gasteiger partial charge is 0.463 e. The van der Waals surface area contributed by atoms with E-state index in [9.17, 15) is 9.59 Å². The van der Waals surface area contributed by atoms with E-state index in [1.807, 2.05) is 0 Å². The third kappa shape index (κ3) is 16.1. The average Bonchev–Trinajstić information content (AvgIpc) is 3.01. The topological polar surface area (TPSA) is 71.5 Å². The Morgan fingerprint density at radius 3 is 1.86 bits per heavy atom. The number of allylic oxidation sites excluding steroid dienone is 2. The Morgan fingerprint density at radius 2 is 1.23 bits per heavy atom. The summed E-state index contributed by atoms with van der Waals surface area (Å²) in [5.74, 6) is -0.822. The van der Waals surface area contributed by atoms with E-state index in [1.54, 1.807) is 13.8 Å². The third-order valence-corrected chi connectivity index (χ3v) is 8.34. The molecule has 8 nitrogen and oxygen atoms in total. The van der Waals surface area contributed by atoms with Crippen LogP contribution in [-0.4, -0.2) is 99.0 Å². The summed E-state index contributed by atoms with van der Waals surface area (Å²) in [4.78, 5) is 32.8. The van der Waals surface area contributed by atoms with Crippen molar-refractivity contribution in [3.63, 3.8) is 0 Å². The Labute approximate surface area is 263 Å². The van der Waals surface area contributed by atoms with E-state index in [2.05, 4.69) is 33.8 Å². The number of rotatable bonds is 24. The molecule has 0 unspecified atom stereocenters. The molecule has 43 heavy (non-hydrogen) atoms. The van der Waals surface area contributed by atoms with Gasteiger partial charge < -0.3 is 19.1 Å². The van der Waals surface area contributed by atoms with E-state index in [-0.39, 0.29) is 13.2 Å². The molecule has 0 radical (unpaired) electrons. The first-order valence-electron chi connectivity index (χ1n) is 17.6. The van der Waals surface area contributed by atoms with E-state index < -0.39 is 11.9 Å². The summed E-state index contributed by atoms with van der Waals surface area (Å²) in [5.41, 5.74) is 0.833. The first-order chi connectivity index (χ1) is 21.1. The smallest absolute Gasteiger partial charge is 0.355 e. The molecule has 0 amide bonds. The van der Waals surface area contributed by atoms with Crippen molar-refractivity contribution < 1.29 is 23.8 Å². The number of ether oxygens (including phenoxy) is 3. The van der Waals surface area contributed by atoms with Gasteiger partial charge in [0.2, 0.25) is 0 Å². The van der Waals surface area contributed by atoms with Gasteiger partial charge in [-0.3, -0.25) is 9.80 Å². The van der Waals surface area contributed by atoms with Gasteiger partial charge in [-0.05, 0) is 58.9 Å². The zero-order valence-corrected chi connectivity index (χ0v) is 27.9. The maximum absolute atomic E-state index is 13.1. The predicted molar refractivity (Wildman–Crippen MR) is 175 cm³/mol. The van der Waals surface area contributed by atoms with Crippen LogP contribution >= 0.6 is 0 Å². The second-order valence-electron chi connectivity index (χ2n) is 12.0. The maximum Gasteiger partial charge on any atom is 0.355 e. The number of hydrogen-bond acceptors (Lipinski definition) is 8. The van der Waals surface area contributed by atoms with Crippen LogP contribution in [0.15, 0.2) is 23.4 Å². The highest BCUT2D eigenvalue weighted by molar-refractivity contribution is 6.00. The van der Waals surface area contributed by atoms with Gasteiger partial charge >= 0.3 is 11.9 Å². The van der Waals surface area contributed by atoms with Crippen molar-refractivity contribution in [3.8, 4) is 0 Å². The van der Waals surface area contributed by atoms with Gasteiger partial charge in [0.1, 0.15) is 5.70 Å². The molecule has 0 spiro atoms. The first-order valence-corrected chi connectivity index (χ1v) is 17.6. The standard InChI is InChI=1S/C35H63N3O5/c1-4-7-8-9-10-11-12-13-14-15-16-17-18-19-20-21-25-38-31-37(24-22-23-36-26-28-41-29-27-36)30-32(34(39)42-5-2)33(38)35(40)43-6-3/h13-14H,4-12,15-31H2,1-3H3/b14-13-. The van der Waals surface area contributed by atoms with Crippen LogP contribution in [0.3, 0.4) is 0 Å². The molecule has 8 heteroatoms. The number of hydrogen-bond donors (Lipinski definition) is 0. The fourth-order valence-corrected chi connectivity index (χ4v) is 5.91. The van der Waals surface area contributed by atoms with Crippen molar-refractivity contribution in [1.82, 2.24) is 14.7 Å². The molecule has 0 aromatic carbocycles. The van der Waals surface area contributed by atoms with Crippen LogP contribution in [0.2, 0.25) is 0 Å². The Morgan fingerprint density at radius 1 is 0.674 bits per heavy atom. The minimum Gasteiger partial charge on any atom is -0.463 e. The molecule has 2 rings (SSSR count). The van der Waals surface area contributed by atoms with Crippen molar-refractivity contribution in [3.05, 3.63) is 23.4 Å². The third-order valence-electron chi connectivity index (χ3n) is 8.34. The monoisotopic (exact) mass is 605 g/mol. The van der Waals surface area contributed by atoms with Gasteiger partial charge in [-0.25, -0.2) is 9.59 Å². The quantitative estimate of drug-likeness (QED) is 0.0684. The highest BCUT2D eigenvalue weighted by atomic mass is 16.5. The van der Waals surface area contributed by atoms with Gasteiger partial charge in [-0.2, -0.15) is 0 Å². The molecule has 0 saturated carbocycles. The maximum atomic E-state index is 13.1. The van der Waals surface area contributed by atoms with Crippen molar-refractivity contribution in [2.45, 2.75) is 117 Å². The highest BCUT2D eigenvalue weighted by Gasteiger charge is 2.34. The van der Waals surface area contributed by atoms with Crippen LogP contribution in [0, 0.1) is 0 Å². The number of nitrogens with zero attached hydrogens (tertiary/aromatic N) is 3. The second-order valence-corrected chi connectivity index (χ2v) is 12.0. The number of esters is 2. The molecule has 2 heterocycles. The summed E-state index contributed by atoms with van der Waals surface area (Å²) < 4.78 is 16.3. The molecular formula is C35H63N3O5. The first kappa shape index (κ1) is 37.3. The molecule has 0 aromatic rings. The van der Waals surface area contributed by atoms with E-state index in [1.165, 1.54) is 77.0 Å². The van der Waals surface area contributed by atoms with Gasteiger partial charge in [-0.1, -0.05) is 76.9 Å². The summed E-state index contributed by atoms with van der Waals surface area (Å²) in [6, 6.07) is 0. The van der Waals surface area contributed by atoms with Crippen molar-refractivity contribution in [1.29, 1.82) is 0 Å². The lowest BCUT2D eigenvalue weighted by Gasteiger charge is -2.39. The lowest BCUT2D eigenvalue weighted by atomic mass is 10.1. The number of morpholine rings is 1. The minimum absolute atomic E-state index is 0.282. The summed E-state index contributed by atoms with van der Waals surface area (Å²) >= 11 is 0. The number of unbranched alkanes of at least 4 members (excludes halogenated alkanes) is 12. The molecule has 0 N–H and O–H groups in total. The fraction of sp³-hybridized carbons (Fsp3) is 0.829. The van der Waals surface area contributed by atoms with Gasteiger partial charge in [0.05, 0.1) is 38.7 Å². The molecule has 2 aliphatic rings. The summed E-state index contributed by atoms with van der Waals surface area (Å²) in [6.45, 7) is 13.6. The lowest BCUT2D eigenvalue weighted by Crippen LogP contribution is -2.48. The van der Waals surface area contributed by atoms with Crippen molar-refractivity contribution in [2.75, 3.05) is 72.4 Å². The highest BCUT2D eigenvalue weighted by Crippen LogP contribution is 2.23. The number of carbonyl (C=O) groups is 2. The molecule has 248 valence electrons. The van der Waals surface area contributed by atoms with E-state index in [0.29, 0.717) is 24.5 Å². The normalized spacial score (nSPS) is 16.8. The van der Waals surface area contributed by atoms with Crippen LogP contribution in [0.4, 0.5) is 0 Å². The van der Waals surface area contributed by atoms with Crippen LogP contribution in [0.25, 0.3) is 0 Å². The van der Waals surface area contributed by atoms with Crippen molar-refractivity contribution >= 4 is 11.9 Å². The van der Waals surface area contributed by atoms with Gasteiger partial charge in [0.15, 0.2) is 0 Å². The Balaban J connectivity index is 1.77. The zero-order valence-electron chi connectivity index (χ0n) is 27.9. The Hall–Kier alpha value is -1.90. The molecule has 0 atom stereocenters. The fourth-order valence-electron chi connectivity index (χ4n) is 5.91. The Bertz CT molecular complexity index is 809. The second kappa shape index (κ2) is 24.4. The predicted octanol–water partition coefficient (Wildman–Crippen LogP) is 6.70. The van der Waals surface area contributed by atoms with Gasteiger partial charge in [-0.15, -0.1) is 0 Å². The van der Waals surface area contributed by atoms with Crippen LogP contribution in [0.5, 0.6) is 0 Å². The molecule has 0 aromatic heterocycles. The summed E-state index contributed by atoms with van der Waals surface area (Å²) in [5, 5.41) is 0. The lowest BCUT2D eigenvalue weighted by molar-refractivity contribution is -0.144. The Kier molecular flexibility index (Phi) is 21.2.